The van der Waals surface area contributed by atoms with E-state index in [0.717, 1.165) is 37.0 Å². The van der Waals surface area contributed by atoms with Gasteiger partial charge >= 0.3 is 0 Å². The van der Waals surface area contributed by atoms with Crippen molar-refractivity contribution in [3.63, 3.8) is 0 Å². The lowest BCUT2D eigenvalue weighted by Gasteiger charge is -2.56. The molecule has 3 N–H and O–H groups in total. The number of hydrogen-bond acceptors (Lipinski definition) is 6. The molecule has 7 nitrogen and oxygen atoms in total. The van der Waals surface area contributed by atoms with Crippen LogP contribution in [-0.4, -0.2) is 32.1 Å². The number of amides is 1. The minimum atomic E-state index is 0.0438. The van der Waals surface area contributed by atoms with Crippen LogP contribution in [0.25, 0.3) is 11.6 Å². The quantitative estimate of drug-likeness (QED) is 0.617. The fourth-order valence-corrected chi connectivity index (χ4v) is 6.33. The summed E-state index contributed by atoms with van der Waals surface area (Å²) in [6, 6.07) is 3.55. The van der Waals surface area contributed by atoms with Crippen LogP contribution < -0.4 is 11.2 Å². The lowest BCUT2D eigenvalue weighted by atomic mass is 9.53. The molecular formula is C18H23N5O2S. The molecular weight excluding hydrogens is 350 g/mol. The number of aromatic nitrogens is 3. The number of carbonyl (C=O) groups is 1. The topological polar surface area (TPSA) is 99.0 Å². The number of nitrogen functional groups attached to an aromatic ring is 1. The zero-order valence-electron chi connectivity index (χ0n) is 14.6. The first kappa shape index (κ1) is 16.2. The molecule has 0 saturated heterocycles. The lowest BCUT2D eigenvalue weighted by Crippen LogP contribution is -2.60. The Bertz CT molecular complexity index is 780. The third-order valence-corrected chi connectivity index (χ3v) is 7.12. The van der Waals surface area contributed by atoms with Crippen LogP contribution in [0.4, 0.5) is 0 Å². The maximum atomic E-state index is 12.6. The molecule has 6 rings (SSSR count). The van der Waals surface area contributed by atoms with Gasteiger partial charge in [0.1, 0.15) is 0 Å². The van der Waals surface area contributed by atoms with Crippen LogP contribution in [0.15, 0.2) is 28.0 Å². The Morgan fingerprint density at radius 1 is 1.27 bits per heavy atom. The minimum Gasteiger partial charge on any atom is -0.461 e. The number of carbonyl (C=O) groups excluding carboxylic acids is 1. The van der Waals surface area contributed by atoms with Crippen LogP contribution in [0.3, 0.4) is 0 Å². The Morgan fingerprint density at radius 2 is 1.96 bits per heavy atom. The smallest absolute Gasteiger partial charge is 0.230 e. The normalized spacial score (nSPS) is 32.1. The molecule has 0 spiro atoms. The van der Waals surface area contributed by atoms with Crippen molar-refractivity contribution in [1.29, 1.82) is 0 Å². The van der Waals surface area contributed by atoms with E-state index in [9.17, 15) is 4.79 Å². The Kier molecular flexibility index (Phi) is 3.77. The summed E-state index contributed by atoms with van der Waals surface area (Å²) in [6.07, 6.45) is 9.15. The molecule has 2 aromatic rings. The Hall–Kier alpha value is -1.96. The van der Waals surface area contributed by atoms with Gasteiger partial charge in [-0.15, -0.1) is 10.2 Å². The molecule has 138 valence electrons. The molecule has 2 heterocycles. The van der Waals surface area contributed by atoms with Crippen LogP contribution in [0.2, 0.25) is 0 Å². The zero-order chi connectivity index (χ0) is 17.7. The Labute approximate surface area is 156 Å². The van der Waals surface area contributed by atoms with E-state index < -0.39 is 0 Å². The second-order valence-corrected chi connectivity index (χ2v) is 9.13. The lowest BCUT2D eigenvalue weighted by molar-refractivity contribution is -0.124. The summed E-state index contributed by atoms with van der Waals surface area (Å²) in [4.78, 5) is 12.6. The summed E-state index contributed by atoms with van der Waals surface area (Å²) in [5.41, 5.74) is 0.0438. The molecule has 0 radical (unpaired) electrons. The minimum absolute atomic E-state index is 0.0438. The third-order valence-electron chi connectivity index (χ3n) is 6.18. The van der Waals surface area contributed by atoms with E-state index in [1.807, 2.05) is 0 Å². The number of nitrogens with zero attached hydrogens (tertiary/aromatic N) is 3. The highest BCUT2D eigenvalue weighted by atomic mass is 32.2. The Morgan fingerprint density at radius 3 is 2.58 bits per heavy atom. The maximum Gasteiger partial charge on any atom is 0.230 e. The molecule has 0 aliphatic heterocycles. The van der Waals surface area contributed by atoms with Gasteiger partial charge in [0.05, 0.1) is 12.0 Å². The highest BCUT2D eigenvalue weighted by molar-refractivity contribution is 7.99. The first-order valence-corrected chi connectivity index (χ1v) is 10.3. The van der Waals surface area contributed by atoms with Gasteiger partial charge in [-0.25, -0.2) is 4.68 Å². The molecule has 4 saturated carbocycles. The molecule has 0 atom stereocenters. The van der Waals surface area contributed by atoms with Gasteiger partial charge in [0, 0.05) is 5.54 Å². The second-order valence-electron chi connectivity index (χ2n) is 8.19. The number of furan rings is 1. The van der Waals surface area contributed by atoms with Crippen molar-refractivity contribution in [2.45, 2.75) is 49.2 Å². The monoisotopic (exact) mass is 373 g/mol. The summed E-state index contributed by atoms with van der Waals surface area (Å²) in [5.74, 6) is 9.89. The summed E-state index contributed by atoms with van der Waals surface area (Å²) >= 11 is 1.31. The summed E-state index contributed by atoms with van der Waals surface area (Å²) in [7, 11) is 0. The first-order chi connectivity index (χ1) is 12.6. The number of rotatable bonds is 5. The van der Waals surface area contributed by atoms with Gasteiger partial charge in [-0.05, 0) is 68.4 Å². The summed E-state index contributed by atoms with van der Waals surface area (Å²) in [6.45, 7) is 0. The summed E-state index contributed by atoms with van der Waals surface area (Å²) < 4.78 is 6.68. The van der Waals surface area contributed by atoms with E-state index in [4.69, 9.17) is 10.3 Å². The van der Waals surface area contributed by atoms with Crippen LogP contribution in [0.5, 0.6) is 0 Å². The molecule has 0 unspecified atom stereocenters. The first-order valence-electron chi connectivity index (χ1n) is 9.28. The van der Waals surface area contributed by atoms with Crippen molar-refractivity contribution in [3.05, 3.63) is 18.4 Å². The summed E-state index contributed by atoms with van der Waals surface area (Å²) in [5, 5.41) is 12.0. The number of nitrogens with one attached hydrogen (secondary N) is 1. The molecule has 4 bridgehead atoms. The maximum absolute atomic E-state index is 12.6. The van der Waals surface area contributed by atoms with E-state index in [1.165, 1.54) is 35.7 Å². The molecule has 4 aliphatic carbocycles. The highest BCUT2D eigenvalue weighted by Crippen LogP contribution is 2.55. The van der Waals surface area contributed by atoms with Crippen LogP contribution in [0, 0.1) is 17.8 Å². The van der Waals surface area contributed by atoms with Gasteiger partial charge in [0.2, 0.25) is 16.9 Å². The number of hydrogen-bond donors (Lipinski definition) is 2. The van der Waals surface area contributed by atoms with E-state index >= 15 is 0 Å². The Balaban J connectivity index is 1.22. The van der Waals surface area contributed by atoms with Crippen LogP contribution in [0.1, 0.15) is 38.5 Å². The van der Waals surface area contributed by atoms with E-state index in [1.54, 1.807) is 18.4 Å². The van der Waals surface area contributed by atoms with Gasteiger partial charge in [-0.1, -0.05) is 11.8 Å². The molecule has 26 heavy (non-hydrogen) atoms. The van der Waals surface area contributed by atoms with E-state index in [2.05, 4.69) is 15.5 Å². The standard InChI is InChI=1S/C18H23N5O2S/c19-23-16(14-2-1-3-25-14)21-22-17(23)26-10-15(24)20-18-7-11-4-12(8-18)6-13(5-11)9-18/h1-3,11-13H,4-10,19H2,(H,20,24). The molecule has 8 heteroatoms. The average molecular weight is 373 g/mol. The fourth-order valence-electron chi connectivity index (χ4n) is 5.67. The van der Waals surface area contributed by atoms with Gasteiger partial charge in [0.15, 0.2) is 5.76 Å². The zero-order valence-corrected chi connectivity index (χ0v) is 15.4. The molecule has 0 aromatic carbocycles. The second kappa shape index (κ2) is 6.04. The molecule has 4 fully saturated rings. The van der Waals surface area contributed by atoms with Crippen molar-refractivity contribution in [3.8, 4) is 11.6 Å². The van der Waals surface area contributed by atoms with Gasteiger partial charge < -0.3 is 15.6 Å². The molecule has 4 aliphatic rings. The van der Waals surface area contributed by atoms with Gasteiger partial charge in [-0.2, -0.15) is 0 Å². The van der Waals surface area contributed by atoms with Gasteiger partial charge in [0.25, 0.3) is 0 Å². The predicted molar refractivity (Wildman–Crippen MR) is 97.6 cm³/mol. The van der Waals surface area contributed by atoms with E-state index in [-0.39, 0.29) is 11.4 Å². The van der Waals surface area contributed by atoms with Crippen molar-refractivity contribution < 1.29 is 9.21 Å². The average Bonchev–Trinajstić information content (AvgIpc) is 3.21. The number of thioether (sulfide) groups is 1. The van der Waals surface area contributed by atoms with Gasteiger partial charge in [-0.3, -0.25) is 4.79 Å². The van der Waals surface area contributed by atoms with Crippen molar-refractivity contribution in [1.82, 2.24) is 20.2 Å². The highest BCUT2D eigenvalue weighted by Gasteiger charge is 2.51. The third kappa shape index (κ3) is 2.80. The fraction of sp³-hybridized carbons (Fsp3) is 0.611. The number of nitrogens with two attached hydrogens (primary N) is 1. The molecule has 2 aromatic heterocycles. The van der Waals surface area contributed by atoms with Crippen molar-refractivity contribution in [2.75, 3.05) is 11.6 Å². The van der Waals surface area contributed by atoms with Crippen LogP contribution >= 0.6 is 11.8 Å². The van der Waals surface area contributed by atoms with Crippen LogP contribution in [-0.2, 0) is 4.79 Å². The van der Waals surface area contributed by atoms with E-state index in [0.29, 0.717) is 22.5 Å². The predicted octanol–water partition coefficient (Wildman–Crippen LogP) is 2.43. The SMILES string of the molecule is Nn1c(SCC(=O)NC23CC4CC(CC(C4)C2)C3)nnc1-c1ccco1. The molecule has 1 amide bonds. The largest absolute Gasteiger partial charge is 0.461 e. The van der Waals surface area contributed by atoms with Crippen molar-refractivity contribution in [2.24, 2.45) is 17.8 Å². The van der Waals surface area contributed by atoms with Crippen molar-refractivity contribution >= 4 is 17.7 Å².